The molecule has 2 rings (SSSR count). The maximum absolute atomic E-state index is 11.6. The Kier molecular flexibility index (Phi) is 4.95. The van der Waals surface area contributed by atoms with Gasteiger partial charge in [0.2, 0.25) is 0 Å². The first-order chi connectivity index (χ1) is 9.61. The van der Waals surface area contributed by atoms with Crippen LogP contribution in [0, 0.1) is 6.92 Å². The van der Waals surface area contributed by atoms with E-state index in [2.05, 4.69) is 22.1 Å². The maximum Gasteiger partial charge on any atom is 0.252 e. The number of pyridine rings is 1. The fourth-order valence-electron chi connectivity index (χ4n) is 2.71. The number of aromatic nitrogens is 1. The Morgan fingerprint density at radius 2 is 2.35 bits per heavy atom. The van der Waals surface area contributed by atoms with Gasteiger partial charge in [-0.2, -0.15) is 0 Å². The van der Waals surface area contributed by atoms with Gasteiger partial charge in [0.1, 0.15) is 5.82 Å². The minimum absolute atomic E-state index is 0.409. The number of amides is 1. The van der Waals surface area contributed by atoms with Crippen LogP contribution in [0.3, 0.4) is 0 Å². The topological polar surface area (TPSA) is 71.2 Å². The highest BCUT2D eigenvalue weighted by atomic mass is 16.1. The van der Waals surface area contributed by atoms with Crippen molar-refractivity contribution < 1.29 is 4.79 Å². The van der Waals surface area contributed by atoms with E-state index in [1.165, 1.54) is 12.8 Å². The number of anilines is 1. The van der Waals surface area contributed by atoms with E-state index in [4.69, 9.17) is 5.73 Å². The summed E-state index contributed by atoms with van der Waals surface area (Å²) in [7, 11) is 0. The summed E-state index contributed by atoms with van der Waals surface area (Å²) in [6.07, 6.45) is 3.41. The molecule has 0 saturated carbocycles. The largest absolute Gasteiger partial charge is 0.365 e. The lowest BCUT2D eigenvalue weighted by Gasteiger charge is -2.28. The summed E-state index contributed by atoms with van der Waals surface area (Å²) in [4.78, 5) is 18.4. The van der Waals surface area contributed by atoms with Crippen LogP contribution >= 0.6 is 0 Å². The number of aryl methyl sites for hydroxylation is 1. The third-order valence-corrected chi connectivity index (χ3v) is 3.68. The zero-order valence-corrected chi connectivity index (χ0v) is 12.4. The van der Waals surface area contributed by atoms with E-state index in [1.54, 1.807) is 6.07 Å². The van der Waals surface area contributed by atoms with Gasteiger partial charge < -0.3 is 16.0 Å². The molecule has 3 N–H and O–H groups in total. The summed E-state index contributed by atoms with van der Waals surface area (Å²) < 4.78 is 0. The Hall–Kier alpha value is -1.62. The number of nitrogens with one attached hydrogen (secondary N) is 1. The van der Waals surface area contributed by atoms with Gasteiger partial charge in [0.25, 0.3) is 5.91 Å². The van der Waals surface area contributed by atoms with Crippen molar-refractivity contribution in [1.82, 2.24) is 10.3 Å². The standard InChI is InChI=1S/C15H24N4O/c1-3-9-19(10-12-5-4-8-17-12)15-13(14(16)20)7-6-11(2)18-15/h6-7,12,17H,3-5,8-10H2,1-2H3,(H2,16,20). The number of rotatable bonds is 6. The van der Waals surface area contributed by atoms with Crippen molar-refractivity contribution in [2.24, 2.45) is 5.73 Å². The van der Waals surface area contributed by atoms with Crippen molar-refractivity contribution >= 4 is 11.7 Å². The average molecular weight is 276 g/mol. The van der Waals surface area contributed by atoms with E-state index in [1.807, 2.05) is 13.0 Å². The highest BCUT2D eigenvalue weighted by Crippen LogP contribution is 2.20. The molecule has 1 amide bonds. The van der Waals surface area contributed by atoms with Gasteiger partial charge in [-0.05, 0) is 44.9 Å². The van der Waals surface area contributed by atoms with Crippen LogP contribution in [0.2, 0.25) is 0 Å². The third kappa shape index (κ3) is 3.48. The molecule has 1 aromatic rings. The van der Waals surface area contributed by atoms with E-state index in [-0.39, 0.29) is 0 Å². The van der Waals surface area contributed by atoms with Crippen LogP contribution in [0.4, 0.5) is 5.82 Å². The van der Waals surface area contributed by atoms with Crippen molar-refractivity contribution in [3.8, 4) is 0 Å². The SMILES string of the molecule is CCCN(CC1CCCN1)c1nc(C)ccc1C(N)=O. The minimum atomic E-state index is -0.409. The molecule has 5 heteroatoms. The smallest absolute Gasteiger partial charge is 0.252 e. The van der Waals surface area contributed by atoms with Crippen LogP contribution in [0.5, 0.6) is 0 Å². The second-order valence-corrected chi connectivity index (χ2v) is 5.43. The molecule has 0 radical (unpaired) electrons. The highest BCUT2D eigenvalue weighted by molar-refractivity contribution is 5.97. The molecule has 0 bridgehead atoms. The fraction of sp³-hybridized carbons (Fsp3) is 0.600. The molecule has 0 spiro atoms. The maximum atomic E-state index is 11.6. The second-order valence-electron chi connectivity index (χ2n) is 5.43. The summed E-state index contributed by atoms with van der Waals surface area (Å²) in [6, 6.07) is 4.09. The fourth-order valence-corrected chi connectivity index (χ4v) is 2.71. The lowest BCUT2D eigenvalue weighted by molar-refractivity contribution is 0.100. The Morgan fingerprint density at radius 1 is 1.55 bits per heavy atom. The van der Waals surface area contributed by atoms with E-state index in [0.717, 1.165) is 37.6 Å². The Balaban J connectivity index is 2.26. The molecule has 1 fully saturated rings. The molecular formula is C15H24N4O. The van der Waals surface area contributed by atoms with Crippen LogP contribution in [-0.4, -0.2) is 36.6 Å². The quantitative estimate of drug-likeness (QED) is 0.825. The van der Waals surface area contributed by atoms with E-state index in [0.29, 0.717) is 11.6 Å². The average Bonchev–Trinajstić information content (AvgIpc) is 2.90. The summed E-state index contributed by atoms with van der Waals surface area (Å²) in [5.41, 5.74) is 6.91. The molecule has 1 aromatic heterocycles. The van der Waals surface area contributed by atoms with Crippen LogP contribution < -0.4 is 16.0 Å². The molecule has 1 aliphatic heterocycles. The Labute approximate surface area is 120 Å². The van der Waals surface area contributed by atoms with Gasteiger partial charge in [0, 0.05) is 24.8 Å². The van der Waals surface area contributed by atoms with Crippen LogP contribution in [-0.2, 0) is 0 Å². The van der Waals surface area contributed by atoms with Gasteiger partial charge in [-0.15, -0.1) is 0 Å². The number of nitrogens with zero attached hydrogens (tertiary/aromatic N) is 2. The molecule has 1 aliphatic rings. The van der Waals surface area contributed by atoms with Crippen LogP contribution in [0.25, 0.3) is 0 Å². The van der Waals surface area contributed by atoms with Crippen molar-refractivity contribution in [2.75, 3.05) is 24.5 Å². The lowest BCUT2D eigenvalue weighted by atomic mass is 10.1. The third-order valence-electron chi connectivity index (χ3n) is 3.68. The molecule has 20 heavy (non-hydrogen) atoms. The Bertz CT molecular complexity index is 469. The predicted octanol–water partition coefficient (Wildman–Crippen LogP) is 1.46. The first-order valence-corrected chi connectivity index (χ1v) is 7.37. The molecule has 1 atom stereocenters. The first kappa shape index (κ1) is 14.8. The molecule has 0 aromatic carbocycles. The summed E-state index contributed by atoms with van der Waals surface area (Å²) >= 11 is 0. The van der Waals surface area contributed by atoms with Crippen molar-refractivity contribution in [3.05, 3.63) is 23.4 Å². The molecule has 110 valence electrons. The van der Waals surface area contributed by atoms with Gasteiger partial charge >= 0.3 is 0 Å². The highest BCUT2D eigenvalue weighted by Gasteiger charge is 2.21. The molecule has 5 nitrogen and oxygen atoms in total. The number of primary amides is 1. The molecular weight excluding hydrogens is 252 g/mol. The minimum Gasteiger partial charge on any atom is -0.365 e. The van der Waals surface area contributed by atoms with Gasteiger partial charge in [-0.1, -0.05) is 6.92 Å². The van der Waals surface area contributed by atoms with Crippen molar-refractivity contribution in [2.45, 2.75) is 39.2 Å². The number of hydrogen-bond donors (Lipinski definition) is 2. The summed E-state index contributed by atoms with van der Waals surface area (Å²) in [6.45, 7) is 6.91. The zero-order valence-electron chi connectivity index (χ0n) is 12.4. The number of hydrogen-bond acceptors (Lipinski definition) is 4. The monoisotopic (exact) mass is 276 g/mol. The van der Waals surface area contributed by atoms with Crippen LogP contribution in [0.15, 0.2) is 12.1 Å². The molecule has 1 saturated heterocycles. The number of nitrogens with two attached hydrogens (primary N) is 1. The van der Waals surface area contributed by atoms with E-state index < -0.39 is 5.91 Å². The normalized spacial score (nSPS) is 18.2. The summed E-state index contributed by atoms with van der Waals surface area (Å²) in [5, 5.41) is 3.49. The van der Waals surface area contributed by atoms with Gasteiger partial charge in [-0.3, -0.25) is 4.79 Å². The Morgan fingerprint density at radius 3 is 2.95 bits per heavy atom. The summed E-state index contributed by atoms with van der Waals surface area (Å²) in [5.74, 6) is 0.320. The molecule has 0 aliphatic carbocycles. The first-order valence-electron chi connectivity index (χ1n) is 7.37. The number of carbonyl (C=O) groups excluding carboxylic acids is 1. The number of carbonyl (C=O) groups is 1. The molecule has 2 heterocycles. The van der Waals surface area contributed by atoms with Gasteiger partial charge in [0.15, 0.2) is 0 Å². The lowest BCUT2D eigenvalue weighted by Crippen LogP contribution is -2.39. The zero-order chi connectivity index (χ0) is 14.5. The van der Waals surface area contributed by atoms with Crippen LogP contribution in [0.1, 0.15) is 42.2 Å². The van der Waals surface area contributed by atoms with Crippen molar-refractivity contribution in [1.29, 1.82) is 0 Å². The van der Waals surface area contributed by atoms with Gasteiger partial charge in [0.05, 0.1) is 5.56 Å². The van der Waals surface area contributed by atoms with E-state index in [9.17, 15) is 4.79 Å². The molecule has 1 unspecified atom stereocenters. The second kappa shape index (κ2) is 6.70. The van der Waals surface area contributed by atoms with Crippen molar-refractivity contribution in [3.63, 3.8) is 0 Å². The van der Waals surface area contributed by atoms with Gasteiger partial charge in [-0.25, -0.2) is 4.98 Å². The van der Waals surface area contributed by atoms with E-state index >= 15 is 0 Å². The predicted molar refractivity (Wildman–Crippen MR) is 81.0 cm³/mol.